The second-order valence-electron chi connectivity index (χ2n) is 7.89. The smallest absolute Gasteiger partial charge is 0.147 e. The summed E-state index contributed by atoms with van der Waals surface area (Å²) >= 11 is 1.66. The summed E-state index contributed by atoms with van der Waals surface area (Å²) in [6, 6.07) is 19.8. The number of benzene rings is 2. The van der Waals surface area contributed by atoms with E-state index in [-0.39, 0.29) is 5.82 Å². The fourth-order valence-corrected chi connectivity index (χ4v) is 5.21. The van der Waals surface area contributed by atoms with Crippen molar-refractivity contribution in [1.82, 2.24) is 9.97 Å². The molecule has 0 radical (unpaired) electrons. The van der Waals surface area contributed by atoms with Crippen LogP contribution < -0.4 is 10.2 Å². The molecule has 2 N–H and O–H groups in total. The number of aromatic nitrogens is 2. The number of quaternary nitrogens is 1. The Morgan fingerprint density at radius 1 is 1.00 bits per heavy atom. The third kappa shape index (κ3) is 4.20. The number of likely N-dealkylation sites (tertiary alicyclic amines) is 1. The van der Waals surface area contributed by atoms with Crippen LogP contribution in [0.4, 0.5) is 10.2 Å². The standard InChI is InChI=1S/C24H23FN4S/c25-19-8-6-18(7-9-19)22-14-21-23(30-22)24(27-16-26-21)28-20-10-12-29(13-11-20)15-17-4-2-1-3-5-17/h1-9,14,16,20H,10-13,15H2,(H,26,27,28)/p+1. The van der Waals surface area contributed by atoms with Gasteiger partial charge in [0.2, 0.25) is 0 Å². The number of fused-ring (bicyclic) bond motifs is 1. The highest BCUT2D eigenvalue weighted by Crippen LogP contribution is 2.36. The van der Waals surface area contributed by atoms with Crippen molar-refractivity contribution in [2.45, 2.75) is 25.4 Å². The van der Waals surface area contributed by atoms with Crippen LogP contribution >= 0.6 is 11.3 Å². The predicted molar refractivity (Wildman–Crippen MR) is 120 cm³/mol. The Morgan fingerprint density at radius 3 is 2.53 bits per heavy atom. The summed E-state index contributed by atoms with van der Waals surface area (Å²) in [7, 11) is 0. The van der Waals surface area contributed by atoms with Crippen LogP contribution in [-0.4, -0.2) is 29.1 Å². The molecule has 0 bridgehead atoms. The fourth-order valence-electron chi connectivity index (χ4n) is 4.14. The zero-order valence-corrected chi connectivity index (χ0v) is 17.5. The van der Waals surface area contributed by atoms with E-state index < -0.39 is 0 Å². The molecule has 4 aromatic rings. The summed E-state index contributed by atoms with van der Waals surface area (Å²) in [6.45, 7) is 3.41. The van der Waals surface area contributed by atoms with Crippen LogP contribution in [0.2, 0.25) is 0 Å². The second kappa shape index (κ2) is 8.50. The first-order valence-corrected chi connectivity index (χ1v) is 11.2. The molecule has 1 aliphatic rings. The number of halogens is 1. The van der Waals surface area contributed by atoms with Crippen LogP contribution in [0.3, 0.4) is 0 Å². The predicted octanol–water partition coefficient (Wildman–Crippen LogP) is 4.16. The normalized spacial score (nSPS) is 19.1. The first kappa shape index (κ1) is 19.2. The van der Waals surface area contributed by atoms with Gasteiger partial charge in [-0.25, -0.2) is 14.4 Å². The summed E-state index contributed by atoms with van der Waals surface area (Å²) in [6.07, 6.45) is 3.88. The van der Waals surface area contributed by atoms with Gasteiger partial charge < -0.3 is 10.2 Å². The van der Waals surface area contributed by atoms with E-state index in [1.807, 2.05) is 12.1 Å². The van der Waals surface area contributed by atoms with E-state index in [2.05, 4.69) is 51.7 Å². The molecule has 5 rings (SSSR count). The van der Waals surface area contributed by atoms with Crippen LogP contribution in [0, 0.1) is 5.82 Å². The van der Waals surface area contributed by atoms with Crippen LogP contribution in [-0.2, 0) is 6.54 Å². The van der Waals surface area contributed by atoms with Gasteiger partial charge in [-0.2, -0.15) is 0 Å². The number of anilines is 1. The molecule has 2 aromatic carbocycles. The number of thiophene rings is 1. The van der Waals surface area contributed by atoms with Crippen LogP contribution in [0.15, 0.2) is 67.0 Å². The van der Waals surface area contributed by atoms with E-state index in [9.17, 15) is 4.39 Å². The van der Waals surface area contributed by atoms with Gasteiger partial charge >= 0.3 is 0 Å². The van der Waals surface area contributed by atoms with Gasteiger partial charge in [-0.05, 0) is 23.8 Å². The van der Waals surface area contributed by atoms with E-state index in [0.717, 1.165) is 59.0 Å². The summed E-state index contributed by atoms with van der Waals surface area (Å²) in [4.78, 5) is 11.7. The molecule has 1 saturated heterocycles. The van der Waals surface area contributed by atoms with E-state index in [0.29, 0.717) is 6.04 Å². The topological polar surface area (TPSA) is 42.2 Å². The molecule has 0 atom stereocenters. The first-order valence-electron chi connectivity index (χ1n) is 10.4. The summed E-state index contributed by atoms with van der Waals surface area (Å²) in [5, 5.41) is 3.67. The highest BCUT2D eigenvalue weighted by Gasteiger charge is 2.23. The molecule has 152 valence electrons. The molecule has 0 unspecified atom stereocenters. The maximum Gasteiger partial charge on any atom is 0.147 e. The van der Waals surface area contributed by atoms with Gasteiger partial charge in [0.25, 0.3) is 0 Å². The molecule has 1 fully saturated rings. The van der Waals surface area contributed by atoms with Gasteiger partial charge in [0.1, 0.15) is 24.5 Å². The number of nitrogens with zero attached hydrogens (tertiary/aromatic N) is 2. The van der Waals surface area contributed by atoms with Crippen LogP contribution in [0.5, 0.6) is 0 Å². The average molecular weight is 420 g/mol. The van der Waals surface area contributed by atoms with Crippen molar-refractivity contribution >= 4 is 27.4 Å². The summed E-state index contributed by atoms with van der Waals surface area (Å²) < 4.78 is 14.3. The van der Waals surface area contributed by atoms with Gasteiger partial charge in [0.15, 0.2) is 0 Å². The maximum absolute atomic E-state index is 13.3. The molecule has 3 heterocycles. The lowest BCUT2D eigenvalue weighted by molar-refractivity contribution is -0.918. The lowest BCUT2D eigenvalue weighted by Gasteiger charge is -2.30. The molecule has 2 aromatic heterocycles. The molecular weight excluding hydrogens is 395 g/mol. The Bertz CT molecular complexity index is 1120. The number of piperidine rings is 1. The Balaban J connectivity index is 1.27. The number of hydrogen-bond acceptors (Lipinski definition) is 4. The van der Waals surface area contributed by atoms with Crippen molar-refractivity contribution in [3.05, 3.63) is 78.4 Å². The largest absolute Gasteiger partial charge is 0.366 e. The van der Waals surface area contributed by atoms with Crippen molar-refractivity contribution in [3.63, 3.8) is 0 Å². The zero-order valence-electron chi connectivity index (χ0n) is 16.6. The number of rotatable bonds is 5. The molecule has 0 amide bonds. The van der Waals surface area contributed by atoms with E-state index >= 15 is 0 Å². The Morgan fingerprint density at radius 2 is 1.77 bits per heavy atom. The Hall–Kier alpha value is -2.83. The first-order chi connectivity index (χ1) is 14.7. The van der Waals surface area contributed by atoms with Gasteiger partial charge in [-0.3, -0.25) is 0 Å². The zero-order chi connectivity index (χ0) is 20.3. The minimum atomic E-state index is -0.220. The third-order valence-corrected chi connectivity index (χ3v) is 6.95. The van der Waals surface area contributed by atoms with Gasteiger partial charge in [-0.1, -0.05) is 42.5 Å². The van der Waals surface area contributed by atoms with E-state index in [4.69, 9.17) is 0 Å². The summed E-state index contributed by atoms with van der Waals surface area (Å²) in [5.41, 5.74) is 3.34. The average Bonchev–Trinajstić information content (AvgIpc) is 3.22. The highest BCUT2D eigenvalue weighted by atomic mass is 32.1. The molecule has 0 saturated carbocycles. The van der Waals surface area contributed by atoms with E-state index in [1.54, 1.807) is 22.6 Å². The quantitative estimate of drug-likeness (QED) is 0.511. The lowest BCUT2D eigenvalue weighted by Crippen LogP contribution is -3.12. The van der Waals surface area contributed by atoms with Gasteiger partial charge in [0.05, 0.1) is 23.3 Å². The van der Waals surface area contributed by atoms with Crippen molar-refractivity contribution in [3.8, 4) is 10.4 Å². The highest BCUT2D eigenvalue weighted by molar-refractivity contribution is 7.22. The van der Waals surface area contributed by atoms with E-state index in [1.165, 1.54) is 17.7 Å². The Kier molecular flexibility index (Phi) is 5.43. The lowest BCUT2D eigenvalue weighted by atomic mass is 10.0. The molecule has 0 aliphatic carbocycles. The molecule has 4 nitrogen and oxygen atoms in total. The van der Waals surface area contributed by atoms with Crippen molar-refractivity contribution in [1.29, 1.82) is 0 Å². The SMILES string of the molecule is Fc1ccc(-c2cc3ncnc(NC4CC[NH+](Cc5ccccc5)CC4)c3s2)cc1. The monoisotopic (exact) mass is 419 g/mol. The molecule has 6 heteroatoms. The maximum atomic E-state index is 13.3. The fraction of sp³-hybridized carbons (Fsp3) is 0.250. The number of hydrogen-bond donors (Lipinski definition) is 2. The van der Waals surface area contributed by atoms with Crippen molar-refractivity contribution < 1.29 is 9.29 Å². The van der Waals surface area contributed by atoms with Gasteiger partial charge in [-0.15, -0.1) is 11.3 Å². The minimum absolute atomic E-state index is 0.220. The molecule has 1 aliphatic heterocycles. The summed E-state index contributed by atoms with van der Waals surface area (Å²) in [5.74, 6) is 0.692. The molecule has 30 heavy (non-hydrogen) atoms. The van der Waals surface area contributed by atoms with Gasteiger partial charge in [0, 0.05) is 29.3 Å². The number of nitrogens with one attached hydrogen (secondary N) is 2. The van der Waals surface area contributed by atoms with Crippen LogP contribution in [0.1, 0.15) is 18.4 Å². The Labute approximate surface area is 179 Å². The van der Waals surface area contributed by atoms with Crippen molar-refractivity contribution in [2.75, 3.05) is 18.4 Å². The molecular formula is C24H24FN4S+. The third-order valence-electron chi connectivity index (χ3n) is 5.77. The second-order valence-corrected chi connectivity index (χ2v) is 8.94. The molecule has 0 spiro atoms. The minimum Gasteiger partial charge on any atom is -0.366 e. The van der Waals surface area contributed by atoms with Crippen LogP contribution in [0.25, 0.3) is 20.7 Å². The van der Waals surface area contributed by atoms with Crippen molar-refractivity contribution in [2.24, 2.45) is 0 Å².